The van der Waals surface area contributed by atoms with Crippen molar-refractivity contribution in [3.63, 3.8) is 0 Å². The van der Waals surface area contributed by atoms with Gasteiger partial charge in [0.2, 0.25) is 0 Å². The minimum absolute atomic E-state index is 0.588. The lowest BCUT2D eigenvalue weighted by Crippen LogP contribution is -2.01. The highest BCUT2D eigenvalue weighted by Gasteiger charge is 1.96. The molecule has 0 fully saturated rings. The number of hydrogen-bond donors (Lipinski definition) is 2. The van der Waals surface area contributed by atoms with E-state index in [1.165, 1.54) is 5.56 Å². The van der Waals surface area contributed by atoms with E-state index in [-0.39, 0.29) is 0 Å². The Morgan fingerprint density at radius 1 is 1.33 bits per heavy atom. The third-order valence-corrected chi connectivity index (χ3v) is 2.83. The number of nitrogens with two attached hydrogens (primary N) is 1. The molecule has 78 valence electrons. The van der Waals surface area contributed by atoms with E-state index in [4.69, 9.17) is 5.73 Å². The van der Waals surface area contributed by atoms with Crippen LogP contribution in [0, 0.1) is 0 Å². The number of nitrogens with one attached hydrogen (secondary N) is 1. The molecule has 0 saturated heterocycles. The Hall–Kier alpha value is -1.39. The van der Waals surface area contributed by atoms with E-state index < -0.39 is 0 Å². The first-order valence-corrected chi connectivity index (χ1v) is 5.67. The first kappa shape index (κ1) is 10.1. The van der Waals surface area contributed by atoms with Gasteiger partial charge in [0.05, 0.1) is 0 Å². The molecule has 0 saturated carbocycles. The van der Waals surface area contributed by atoms with Gasteiger partial charge < -0.3 is 11.1 Å². The molecule has 1 heterocycles. The van der Waals surface area contributed by atoms with Crippen LogP contribution in [0.1, 0.15) is 11.1 Å². The molecule has 3 nitrogen and oxygen atoms in total. The molecular weight excluding hydrogens is 206 g/mol. The van der Waals surface area contributed by atoms with Crippen LogP contribution in [0.2, 0.25) is 0 Å². The van der Waals surface area contributed by atoms with Crippen molar-refractivity contribution in [2.45, 2.75) is 13.1 Å². The normalized spacial score (nSPS) is 10.2. The summed E-state index contributed by atoms with van der Waals surface area (Å²) in [6, 6.07) is 8.26. The summed E-state index contributed by atoms with van der Waals surface area (Å²) in [7, 11) is 0. The fraction of sp³-hybridized carbons (Fsp3) is 0.182. The van der Waals surface area contributed by atoms with E-state index in [1.807, 2.05) is 17.5 Å². The summed E-state index contributed by atoms with van der Waals surface area (Å²) in [5, 5.41) is 6.17. The first-order chi connectivity index (χ1) is 7.38. The van der Waals surface area contributed by atoms with E-state index in [2.05, 4.69) is 22.4 Å². The highest BCUT2D eigenvalue weighted by atomic mass is 32.1. The van der Waals surface area contributed by atoms with Crippen LogP contribution in [-0.4, -0.2) is 4.98 Å². The Morgan fingerprint density at radius 2 is 2.20 bits per heavy atom. The fourth-order valence-corrected chi connectivity index (χ4v) is 1.88. The van der Waals surface area contributed by atoms with Crippen LogP contribution >= 0.6 is 11.3 Å². The monoisotopic (exact) mass is 219 g/mol. The summed E-state index contributed by atoms with van der Waals surface area (Å²) < 4.78 is 0. The third kappa shape index (κ3) is 2.78. The minimum Gasteiger partial charge on any atom is -0.357 e. The van der Waals surface area contributed by atoms with E-state index in [0.717, 1.165) is 17.2 Å². The summed E-state index contributed by atoms with van der Waals surface area (Å²) in [5.74, 6) is 0. The maximum Gasteiger partial charge on any atom is 0.182 e. The van der Waals surface area contributed by atoms with Gasteiger partial charge in [0.1, 0.15) is 0 Å². The maximum atomic E-state index is 5.58. The molecule has 0 spiro atoms. The topological polar surface area (TPSA) is 50.9 Å². The Labute approximate surface area is 93.0 Å². The molecule has 0 atom stereocenters. The average molecular weight is 219 g/mol. The third-order valence-electron chi connectivity index (χ3n) is 2.10. The van der Waals surface area contributed by atoms with E-state index in [0.29, 0.717) is 6.54 Å². The van der Waals surface area contributed by atoms with Gasteiger partial charge in [-0.25, -0.2) is 4.98 Å². The molecule has 3 N–H and O–H groups in total. The molecule has 15 heavy (non-hydrogen) atoms. The van der Waals surface area contributed by atoms with Gasteiger partial charge in [0.25, 0.3) is 0 Å². The Morgan fingerprint density at radius 3 is 2.93 bits per heavy atom. The molecular formula is C11H13N3S. The van der Waals surface area contributed by atoms with Crippen molar-refractivity contribution in [2.75, 3.05) is 5.32 Å². The molecule has 0 amide bonds. The highest BCUT2D eigenvalue weighted by molar-refractivity contribution is 7.13. The summed E-state index contributed by atoms with van der Waals surface area (Å²) in [4.78, 5) is 4.16. The van der Waals surface area contributed by atoms with Gasteiger partial charge in [-0.15, -0.1) is 11.3 Å². The summed E-state index contributed by atoms with van der Waals surface area (Å²) in [6.07, 6.45) is 1.79. The average Bonchev–Trinajstić information content (AvgIpc) is 2.79. The van der Waals surface area contributed by atoms with Crippen LogP contribution in [0.15, 0.2) is 35.8 Å². The standard InChI is InChI=1S/C11H13N3S/c12-7-9-2-1-3-10(6-9)8-14-11-13-4-5-15-11/h1-6H,7-8,12H2,(H,13,14). The molecule has 4 heteroatoms. The molecule has 0 radical (unpaired) electrons. The lowest BCUT2D eigenvalue weighted by atomic mass is 10.1. The fourth-order valence-electron chi connectivity index (χ4n) is 1.36. The van der Waals surface area contributed by atoms with Gasteiger partial charge >= 0.3 is 0 Å². The van der Waals surface area contributed by atoms with Crippen LogP contribution in [0.5, 0.6) is 0 Å². The van der Waals surface area contributed by atoms with Crippen molar-refractivity contribution in [2.24, 2.45) is 5.73 Å². The lowest BCUT2D eigenvalue weighted by Gasteiger charge is -2.04. The van der Waals surface area contributed by atoms with E-state index in [1.54, 1.807) is 17.5 Å². The van der Waals surface area contributed by atoms with Crippen LogP contribution in [0.25, 0.3) is 0 Å². The largest absolute Gasteiger partial charge is 0.357 e. The van der Waals surface area contributed by atoms with Crippen LogP contribution in [0.3, 0.4) is 0 Å². The van der Waals surface area contributed by atoms with E-state index in [9.17, 15) is 0 Å². The SMILES string of the molecule is NCc1cccc(CNc2nccs2)c1. The lowest BCUT2D eigenvalue weighted by molar-refractivity contribution is 1.05. The quantitative estimate of drug-likeness (QED) is 0.829. The number of anilines is 1. The van der Waals surface area contributed by atoms with Crippen molar-refractivity contribution in [3.8, 4) is 0 Å². The second-order valence-electron chi connectivity index (χ2n) is 3.21. The number of hydrogen-bond acceptors (Lipinski definition) is 4. The molecule has 2 aromatic rings. The Bertz CT molecular complexity index is 412. The zero-order valence-corrected chi connectivity index (χ0v) is 9.13. The Kier molecular flexibility index (Phi) is 3.32. The summed E-state index contributed by atoms with van der Waals surface area (Å²) >= 11 is 1.61. The van der Waals surface area contributed by atoms with Crippen LogP contribution < -0.4 is 11.1 Å². The second kappa shape index (κ2) is 4.91. The van der Waals surface area contributed by atoms with E-state index >= 15 is 0 Å². The van der Waals surface area contributed by atoms with Gasteiger partial charge in [-0.05, 0) is 11.1 Å². The van der Waals surface area contributed by atoms with Gasteiger partial charge in [0.15, 0.2) is 5.13 Å². The molecule has 0 aliphatic rings. The Balaban J connectivity index is 1.98. The minimum atomic E-state index is 0.588. The number of aromatic nitrogens is 1. The summed E-state index contributed by atoms with van der Waals surface area (Å²) in [6.45, 7) is 1.38. The molecule has 0 unspecified atom stereocenters. The smallest absolute Gasteiger partial charge is 0.182 e. The zero-order valence-electron chi connectivity index (χ0n) is 8.31. The van der Waals surface area contributed by atoms with Crippen molar-refractivity contribution >= 4 is 16.5 Å². The number of thiazole rings is 1. The van der Waals surface area contributed by atoms with Gasteiger partial charge in [-0.2, -0.15) is 0 Å². The molecule has 0 aliphatic heterocycles. The molecule has 0 bridgehead atoms. The van der Waals surface area contributed by atoms with Gasteiger partial charge in [0, 0.05) is 24.7 Å². The van der Waals surface area contributed by atoms with Crippen molar-refractivity contribution in [1.82, 2.24) is 4.98 Å². The number of nitrogens with zero attached hydrogens (tertiary/aromatic N) is 1. The zero-order chi connectivity index (χ0) is 10.5. The van der Waals surface area contributed by atoms with Crippen LogP contribution in [0.4, 0.5) is 5.13 Å². The molecule has 2 rings (SSSR count). The van der Waals surface area contributed by atoms with Crippen LogP contribution in [-0.2, 0) is 13.1 Å². The van der Waals surface area contributed by atoms with Crippen molar-refractivity contribution < 1.29 is 0 Å². The van der Waals surface area contributed by atoms with Crippen molar-refractivity contribution in [3.05, 3.63) is 47.0 Å². The van der Waals surface area contributed by atoms with Crippen molar-refractivity contribution in [1.29, 1.82) is 0 Å². The maximum absolute atomic E-state index is 5.58. The number of rotatable bonds is 4. The summed E-state index contributed by atoms with van der Waals surface area (Å²) in [5.41, 5.74) is 7.97. The molecule has 1 aromatic carbocycles. The van der Waals surface area contributed by atoms with Gasteiger partial charge in [-0.1, -0.05) is 24.3 Å². The van der Waals surface area contributed by atoms with Gasteiger partial charge in [-0.3, -0.25) is 0 Å². The molecule has 1 aromatic heterocycles. The predicted molar refractivity (Wildman–Crippen MR) is 63.8 cm³/mol. The first-order valence-electron chi connectivity index (χ1n) is 4.80. The predicted octanol–water partition coefficient (Wildman–Crippen LogP) is 2.21. The molecule has 0 aliphatic carbocycles. The highest BCUT2D eigenvalue weighted by Crippen LogP contribution is 2.12. The second-order valence-corrected chi connectivity index (χ2v) is 4.11. The number of benzene rings is 1.